The molecule has 1 aromatic carbocycles. The van der Waals surface area contributed by atoms with Gasteiger partial charge in [-0.3, -0.25) is 14.9 Å². The number of benzene rings is 1. The standard InChI is InChI=1S/C14H18N2O5/c1-20-12-7-6-11(16(18)19)8-13(12)21-9-14(17)15-10-4-2-3-5-10/h6-8,10H,2-5,9H2,1H3,(H,15,17). The summed E-state index contributed by atoms with van der Waals surface area (Å²) in [5, 5.41) is 13.6. The Balaban J connectivity index is 1.95. The summed E-state index contributed by atoms with van der Waals surface area (Å²) >= 11 is 0. The molecule has 1 aromatic rings. The minimum absolute atomic E-state index is 0.109. The highest BCUT2D eigenvalue weighted by atomic mass is 16.6. The zero-order valence-electron chi connectivity index (χ0n) is 11.8. The fraction of sp³-hybridized carbons (Fsp3) is 0.500. The van der Waals surface area contributed by atoms with E-state index in [9.17, 15) is 14.9 Å². The third kappa shape index (κ3) is 4.08. The van der Waals surface area contributed by atoms with E-state index in [0.717, 1.165) is 25.7 Å². The Kier molecular flexibility index (Phi) is 4.97. The summed E-state index contributed by atoms with van der Waals surface area (Å²) in [7, 11) is 1.44. The maximum absolute atomic E-state index is 11.8. The lowest BCUT2D eigenvalue weighted by molar-refractivity contribution is -0.385. The first kappa shape index (κ1) is 15.1. The van der Waals surface area contributed by atoms with E-state index in [4.69, 9.17) is 9.47 Å². The molecule has 0 bridgehead atoms. The topological polar surface area (TPSA) is 90.7 Å². The quantitative estimate of drug-likeness (QED) is 0.640. The molecule has 1 N–H and O–H groups in total. The molecule has 1 saturated carbocycles. The second-order valence-electron chi connectivity index (χ2n) is 4.93. The second kappa shape index (κ2) is 6.92. The maximum Gasteiger partial charge on any atom is 0.273 e. The Morgan fingerprint density at radius 3 is 2.71 bits per heavy atom. The van der Waals surface area contributed by atoms with Gasteiger partial charge in [-0.1, -0.05) is 12.8 Å². The molecule has 0 aliphatic heterocycles. The van der Waals surface area contributed by atoms with Crippen LogP contribution in [-0.2, 0) is 4.79 Å². The van der Waals surface area contributed by atoms with Gasteiger partial charge >= 0.3 is 0 Å². The Morgan fingerprint density at radius 2 is 2.10 bits per heavy atom. The SMILES string of the molecule is COc1ccc([N+](=O)[O-])cc1OCC(=O)NC1CCCC1. The first-order chi connectivity index (χ1) is 10.1. The average Bonchev–Trinajstić information content (AvgIpc) is 2.97. The molecule has 114 valence electrons. The molecule has 1 aliphatic carbocycles. The number of nitro benzene ring substituents is 1. The molecule has 0 atom stereocenters. The number of nitrogens with zero attached hydrogens (tertiary/aromatic N) is 1. The van der Waals surface area contributed by atoms with E-state index >= 15 is 0 Å². The van der Waals surface area contributed by atoms with Crippen molar-refractivity contribution in [2.45, 2.75) is 31.7 Å². The predicted molar refractivity (Wildman–Crippen MR) is 75.5 cm³/mol. The van der Waals surface area contributed by atoms with Crippen LogP contribution in [0.15, 0.2) is 18.2 Å². The molecule has 21 heavy (non-hydrogen) atoms. The largest absolute Gasteiger partial charge is 0.493 e. The zero-order chi connectivity index (χ0) is 15.2. The Bertz CT molecular complexity index is 526. The van der Waals surface area contributed by atoms with Crippen LogP contribution in [0.2, 0.25) is 0 Å². The highest BCUT2D eigenvalue weighted by molar-refractivity contribution is 5.78. The lowest BCUT2D eigenvalue weighted by Crippen LogP contribution is -2.36. The molecule has 0 unspecified atom stereocenters. The Hall–Kier alpha value is -2.31. The molecule has 0 radical (unpaired) electrons. The van der Waals surface area contributed by atoms with E-state index in [0.29, 0.717) is 5.75 Å². The van der Waals surface area contributed by atoms with Gasteiger partial charge in [-0.2, -0.15) is 0 Å². The fourth-order valence-electron chi connectivity index (χ4n) is 2.37. The van der Waals surface area contributed by atoms with Crippen LogP contribution in [0.1, 0.15) is 25.7 Å². The number of ether oxygens (including phenoxy) is 2. The smallest absolute Gasteiger partial charge is 0.273 e. The zero-order valence-corrected chi connectivity index (χ0v) is 11.8. The van der Waals surface area contributed by atoms with Gasteiger partial charge in [0.25, 0.3) is 11.6 Å². The molecule has 0 aromatic heterocycles. The number of hydrogen-bond donors (Lipinski definition) is 1. The summed E-state index contributed by atoms with van der Waals surface area (Å²) in [5.74, 6) is 0.318. The summed E-state index contributed by atoms with van der Waals surface area (Å²) in [4.78, 5) is 22.0. The molecule has 1 amide bonds. The van der Waals surface area contributed by atoms with Crippen molar-refractivity contribution < 1.29 is 19.2 Å². The highest BCUT2D eigenvalue weighted by Gasteiger charge is 2.18. The third-order valence-electron chi connectivity index (χ3n) is 3.44. The van der Waals surface area contributed by atoms with Crippen LogP contribution < -0.4 is 14.8 Å². The van der Waals surface area contributed by atoms with Gasteiger partial charge in [-0.05, 0) is 18.9 Å². The van der Waals surface area contributed by atoms with Crippen molar-refractivity contribution in [1.29, 1.82) is 0 Å². The van der Waals surface area contributed by atoms with Crippen molar-refractivity contribution in [1.82, 2.24) is 5.32 Å². The molecule has 0 saturated heterocycles. The molecular formula is C14H18N2O5. The summed E-state index contributed by atoms with van der Waals surface area (Å²) in [5.41, 5.74) is -0.109. The van der Waals surface area contributed by atoms with Gasteiger partial charge in [0.15, 0.2) is 18.1 Å². The number of nitrogens with one attached hydrogen (secondary N) is 1. The van der Waals surface area contributed by atoms with Crippen LogP contribution in [0.5, 0.6) is 11.5 Å². The molecule has 2 rings (SSSR count). The first-order valence-corrected chi connectivity index (χ1v) is 6.84. The van der Waals surface area contributed by atoms with Gasteiger partial charge in [0.05, 0.1) is 18.1 Å². The number of rotatable bonds is 6. The maximum atomic E-state index is 11.8. The molecule has 1 fully saturated rings. The molecule has 7 nitrogen and oxygen atoms in total. The number of hydrogen-bond acceptors (Lipinski definition) is 5. The highest BCUT2D eigenvalue weighted by Crippen LogP contribution is 2.31. The van der Waals surface area contributed by atoms with Crippen LogP contribution in [0.25, 0.3) is 0 Å². The van der Waals surface area contributed by atoms with Crippen LogP contribution in [0.3, 0.4) is 0 Å². The average molecular weight is 294 g/mol. The van der Waals surface area contributed by atoms with Crippen molar-refractivity contribution in [2.24, 2.45) is 0 Å². The van der Waals surface area contributed by atoms with E-state index in [1.54, 1.807) is 0 Å². The fourth-order valence-corrected chi connectivity index (χ4v) is 2.37. The van der Waals surface area contributed by atoms with E-state index in [1.165, 1.54) is 25.3 Å². The van der Waals surface area contributed by atoms with Crippen LogP contribution in [0.4, 0.5) is 5.69 Å². The van der Waals surface area contributed by atoms with Crippen molar-refractivity contribution in [2.75, 3.05) is 13.7 Å². The predicted octanol–water partition coefficient (Wildman–Crippen LogP) is 2.04. The molecule has 0 spiro atoms. The first-order valence-electron chi connectivity index (χ1n) is 6.84. The number of amides is 1. The van der Waals surface area contributed by atoms with Crippen molar-refractivity contribution in [3.05, 3.63) is 28.3 Å². The minimum atomic E-state index is -0.523. The minimum Gasteiger partial charge on any atom is -0.493 e. The molecule has 7 heteroatoms. The summed E-state index contributed by atoms with van der Waals surface area (Å²) < 4.78 is 10.4. The number of carbonyl (C=O) groups is 1. The molecular weight excluding hydrogens is 276 g/mol. The number of nitro groups is 1. The lowest BCUT2D eigenvalue weighted by Gasteiger charge is -2.13. The van der Waals surface area contributed by atoms with E-state index < -0.39 is 4.92 Å². The van der Waals surface area contributed by atoms with Gasteiger partial charge in [0, 0.05) is 12.1 Å². The summed E-state index contributed by atoms with van der Waals surface area (Å²) in [6.45, 7) is -0.186. The monoisotopic (exact) mass is 294 g/mol. The van der Waals surface area contributed by atoms with Crippen molar-refractivity contribution >= 4 is 11.6 Å². The van der Waals surface area contributed by atoms with Gasteiger partial charge in [-0.25, -0.2) is 0 Å². The molecule has 0 heterocycles. The number of carbonyl (C=O) groups excluding carboxylic acids is 1. The third-order valence-corrected chi connectivity index (χ3v) is 3.44. The van der Waals surface area contributed by atoms with Crippen LogP contribution in [-0.4, -0.2) is 30.6 Å². The van der Waals surface area contributed by atoms with E-state index in [2.05, 4.69) is 5.32 Å². The second-order valence-corrected chi connectivity index (χ2v) is 4.93. The van der Waals surface area contributed by atoms with Gasteiger partial charge < -0.3 is 14.8 Å². The number of non-ortho nitro benzene ring substituents is 1. The van der Waals surface area contributed by atoms with Crippen LogP contribution in [0, 0.1) is 10.1 Å². The van der Waals surface area contributed by atoms with Crippen molar-refractivity contribution in [3.63, 3.8) is 0 Å². The van der Waals surface area contributed by atoms with E-state index in [1.807, 2.05) is 0 Å². The normalized spacial score (nSPS) is 14.7. The van der Waals surface area contributed by atoms with Gasteiger partial charge in [0.2, 0.25) is 0 Å². The van der Waals surface area contributed by atoms with Gasteiger partial charge in [0.1, 0.15) is 0 Å². The van der Waals surface area contributed by atoms with Crippen LogP contribution >= 0.6 is 0 Å². The Morgan fingerprint density at radius 1 is 1.38 bits per heavy atom. The number of methoxy groups -OCH3 is 1. The van der Waals surface area contributed by atoms with Crippen molar-refractivity contribution in [3.8, 4) is 11.5 Å². The Labute approximate surface area is 122 Å². The summed E-state index contributed by atoms with van der Waals surface area (Å²) in [6, 6.07) is 4.24. The molecule has 1 aliphatic rings. The summed E-state index contributed by atoms with van der Waals surface area (Å²) in [6.07, 6.45) is 4.24. The van der Waals surface area contributed by atoms with Gasteiger partial charge in [-0.15, -0.1) is 0 Å². The lowest BCUT2D eigenvalue weighted by atomic mass is 10.2. The van der Waals surface area contributed by atoms with E-state index in [-0.39, 0.29) is 30.0 Å².